The zero-order valence-electron chi connectivity index (χ0n) is 10.8. The van der Waals surface area contributed by atoms with Gasteiger partial charge in [-0.05, 0) is 26.3 Å². The first kappa shape index (κ1) is 12.6. The van der Waals surface area contributed by atoms with E-state index in [4.69, 9.17) is 5.73 Å². The molecule has 0 radical (unpaired) electrons. The molecule has 2 aromatic heterocycles. The molecule has 98 valence electrons. The number of anilines is 1. The molecule has 0 aromatic carbocycles. The molecule has 0 amide bonds. The van der Waals surface area contributed by atoms with Gasteiger partial charge in [-0.15, -0.1) is 0 Å². The Morgan fingerprint density at radius 3 is 2.78 bits per heavy atom. The van der Waals surface area contributed by atoms with Crippen LogP contribution in [0.25, 0.3) is 11.2 Å². The van der Waals surface area contributed by atoms with Crippen molar-refractivity contribution in [2.24, 2.45) is 7.05 Å². The van der Waals surface area contributed by atoms with Crippen LogP contribution in [0.2, 0.25) is 0 Å². The molecule has 6 nitrogen and oxygen atoms in total. The predicted octanol–water partition coefficient (Wildman–Crippen LogP) is 0.478. The maximum Gasteiger partial charge on any atom is 0.330 e. The smallest absolute Gasteiger partial charge is 0.330 e. The van der Waals surface area contributed by atoms with Crippen LogP contribution in [0.15, 0.2) is 17.1 Å². The lowest BCUT2D eigenvalue weighted by Crippen LogP contribution is -2.27. The Bertz CT molecular complexity index is 634. The zero-order valence-corrected chi connectivity index (χ0v) is 10.8. The largest absolute Gasteiger partial charge is 0.397 e. The summed E-state index contributed by atoms with van der Waals surface area (Å²) in [7, 11) is 1.68. The van der Waals surface area contributed by atoms with E-state index in [0.717, 1.165) is 0 Å². The van der Waals surface area contributed by atoms with Crippen molar-refractivity contribution < 1.29 is 5.11 Å². The molecule has 0 aliphatic rings. The van der Waals surface area contributed by atoms with Crippen LogP contribution in [-0.4, -0.2) is 24.8 Å². The van der Waals surface area contributed by atoms with Gasteiger partial charge in [0.2, 0.25) is 0 Å². The highest BCUT2D eigenvalue weighted by Crippen LogP contribution is 2.15. The molecule has 0 aliphatic carbocycles. The Hall–Kier alpha value is -1.82. The molecule has 2 aromatic rings. The number of hydrogen-bond acceptors (Lipinski definition) is 4. The van der Waals surface area contributed by atoms with E-state index in [9.17, 15) is 9.90 Å². The number of imidazole rings is 1. The summed E-state index contributed by atoms with van der Waals surface area (Å²) in [6.45, 7) is 3.87. The fraction of sp³-hybridized carbons (Fsp3) is 0.500. The molecule has 0 spiro atoms. The second-order valence-electron chi connectivity index (χ2n) is 5.17. The van der Waals surface area contributed by atoms with Crippen molar-refractivity contribution in [1.29, 1.82) is 0 Å². The lowest BCUT2D eigenvalue weighted by Gasteiger charge is -2.16. The van der Waals surface area contributed by atoms with E-state index in [1.54, 1.807) is 31.5 Å². The van der Waals surface area contributed by atoms with E-state index in [1.807, 2.05) is 0 Å². The number of rotatable bonds is 3. The van der Waals surface area contributed by atoms with Crippen LogP contribution >= 0.6 is 0 Å². The van der Waals surface area contributed by atoms with Gasteiger partial charge >= 0.3 is 5.69 Å². The fourth-order valence-electron chi connectivity index (χ4n) is 1.89. The Labute approximate surface area is 105 Å². The molecule has 0 atom stereocenters. The van der Waals surface area contributed by atoms with Gasteiger partial charge in [-0.1, -0.05) is 0 Å². The number of pyridine rings is 1. The van der Waals surface area contributed by atoms with Crippen molar-refractivity contribution in [3.05, 3.63) is 22.7 Å². The SMILES string of the molecule is Cn1c(=O)n(CCC(C)(C)O)c2cc(N)cnc21. The number of aromatic nitrogens is 3. The van der Waals surface area contributed by atoms with Crippen molar-refractivity contribution >= 4 is 16.9 Å². The van der Waals surface area contributed by atoms with Gasteiger partial charge in [0.15, 0.2) is 5.65 Å². The van der Waals surface area contributed by atoms with Gasteiger partial charge in [0.25, 0.3) is 0 Å². The summed E-state index contributed by atoms with van der Waals surface area (Å²) in [4.78, 5) is 16.2. The Kier molecular flexibility index (Phi) is 2.90. The van der Waals surface area contributed by atoms with Gasteiger partial charge in [0.05, 0.1) is 23.0 Å². The molecular formula is C12H18N4O2. The lowest BCUT2D eigenvalue weighted by atomic mass is 10.1. The van der Waals surface area contributed by atoms with Gasteiger partial charge in [0, 0.05) is 13.6 Å². The summed E-state index contributed by atoms with van der Waals surface area (Å²) < 4.78 is 3.08. The van der Waals surface area contributed by atoms with E-state index in [2.05, 4.69) is 4.98 Å². The minimum Gasteiger partial charge on any atom is -0.397 e. The van der Waals surface area contributed by atoms with Crippen molar-refractivity contribution in [3.63, 3.8) is 0 Å². The first-order valence-corrected chi connectivity index (χ1v) is 5.83. The summed E-state index contributed by atoms with van der Waals surface area (Å²) in [5, 5.41) is 9.74. The van der Waals surface area contributed by atoms with Crippen LogP contribution in [0.3, 0.4) is 0 Å². The van der Waals surface area contributed by atoms with Crippen LogP contribution in [0, 0.1) is 0 Å². The second kappa shape index (κ2) is 4.13. The zero-order chi connectivity index (χ0) is 13.5. The van der Waals surface area contributed by atoms with E-state index < -0.39 is 5.60 Å². The van der Waals surface area contributed by atoms with Gasteiger partial charge in [-0.25, -0.2) is 9.78 Å². The standard InChI is InChI=1S/C12H18N4O2/c1-12(2,18)4-5-16-9-6-8(13)7-14-10(9)15(3)11(16)17/h6-7,18H,4-5,13H2,1-3H3. The van der Waals surface area contributed by atoms with Crippen LogP contribution in [0.4, 0.5) is 5.69 Å². The number of fused-ring (bicyclic) bond motifs is 1. The highest BCUT2D eigenvalue weighted by molar-refractivity contribution is 5.75. The third-order valence-corrected chi connectivity index (χ3v) is 2.94. The molecule has 0 fully saturated rings. The highest BCUT2D eigenvalue weighted by Gasteiger charge is 2.16. The molecule has 0 bridgehead atoms. The minimum absolute atomic E-state index is 0.146. The first-order valence-electron chi connectivity index (χ1n) is 5.83. The molecule has 3 N–H and O–H groups in total. The summed E-state index contributed by atoms with van der Waals surface area (Å²) in [6.07, 6.45) is 2.02. The molecule has 0 saturated heterocycles. The summed E-state index contributed by atoms with van der Waals surface area (Å²) in [6, 6.07) is 1.73. The molecule has 2 rings (SSSR count). The monoisotopic (exact) mass is 250 g/mol. The van der Waals surface area contributed by atoms with Crippen LogP contribution in [0.1, 0.15) is 20.3 Å². The van der Waals surface area contributed by atoms with Crippen molar-refractivity contribution in [2.75, 3.05) is 5.73 Å². The third kappa shape index (κ3) is 2.24. The normalized spacial score (nSPS) is 12.2. The Morgan fingerprint density at radius 2 is 2.17 bits per heavy atom. The number of nitrogen functional groups attached to an aromatic ring is 1. The summed E-state index contributed by atoms with van der Waals surface area (Å²) in [5.74, 6) is 0. The number of nitrogens with two attached hydrogens (primary N) is 1. The third-order valence-electron chi connectivity index (χ3n) is 2.94. The Morgan fingerprint density at radius 1 is 1.50 bits per heavy atom. The molecule has 0 saturated carbocycles. The highest BCUT2D eigenvalue weighted by atomic mass is 16.3. The molecule has 0 unspecified atom stereocenters. The fourth-order valence-corrected chi connectivity index (χ4v) is 1.89. The molecular weight excluding hydrogens is 232 g/mol. The average molecular weight is 250 g/mol. The maximum absolute atomic E-state index is 12.1. The van der Waals surface area contributed by atoms with E-state index in [0.29, 0.717) is 29.8 Å². The van der Waals surface area contributed by atoms with Crippen LogP contribution in [0.5, 0.6) is 0 Å². The second-order valence-corrected chi connectivity index (χ2v) is 5.17. The first-order chi connectivity index (χ1) is 8.29. The van der Waals surface area contributed by atoms with Crippen LogP contribution in [-0.2, 0) is 13.6 Å². The van der Waals surface area contributed by atoms with Gasteiger partial charge in [-0.3, -0.25) is 9.13 Å². The molecule has 6 heteroatoms. The lowest BCUT2D eigenvalue weighted by molar-refractivity contribution is 0.0662. The number of hydrogen-bond donors (Lipinski definition) is 2. The van der Waals surface area contributed by atoms with Crippen molar-refractivity contribution in [1.82, 2.24) is 14.1 Å². The minimum atomic E-state index is -0.810. The van der Waals surface area contributed by atoms with E-state index in [1.165, 1.54) is 10.8 Å². The topological polar surface area (TPSA) is 86.1 Å². The summed E-state index contributed by atoms with van der Waals surface area (Å²) >= 11 is 0. The molecule has 18 heavy (non-hydrogen) atoms. The predicted molar refractivity (Wildman–Crippen MR) is 70.3 cm³/mol. The van der Waals surface area contributed by atoms with Gasteiger partial charge < -0.3 is 10.8 Å². The average Bonchev–Trinajstić information content (AvgIpc) is 2.48. The van der Waals surface area contributed by atoms with E-state index >= 15 is 0 Å². The molecule has 0 aliphatic heterocycles. The van der Waals surface area contributed by atoms with Gasteiger partial charge in [-0.2, -0.15) is 0 Å². The molecule has 2 heterocycles. The van der Waals surface area contributed by atoms with Crippen LogP contribution < -0.4 is 11.4 Å². The van der Waals surface area contributed by atoms with Crippen molar-refractivity contribution in [3.8, 4) is 0 Å². The van der Waals surface area contributed by atoms with Crippen molar-refractivity contribution in [2.45, 2.75) is 32.4 Å². The maximum atomic E-state index is 12.1. The van der Waals surface area contributed by atoms with Gasteiger partial charge in [0.1, 0.15) is 0 Å². The number of nitrogens with zero attached hydrogens (tertiary/aromatic N) is 3. The number of aliphatic hydroxyl groups is 1. The quantitative estimate of drug-likeness (QED) is 0.829. The Balaban J connectivity index is 2.52. The summed E-state index contributed by atoms with van der Waals surface area (Å²) in [5.41, 5.74) is 6.56. The van der Waals surface area contributed by atoms with E-state index in [-0.39, 0.29) is 5.69 Å². The number of aryl methyl sites for hydroxylation is 2.